The summed E-state index contributed by atoms with van der Waals surface area (Å²) < 4.78 is 34.9. The number of nitrogens with one attached hydrogen (secondary N) is 1. The van der Waals surface area contributed by atoms with Crippen molar-refractivity contribution < 1.29 is 38.3 Å². The lowest BCUT2D eigenvalue weighted by atomic mass is 9.90. The third-order valence-electron chi connectivity index (χ3n) is 5.28. The van der Waals surface area contributed by atoms with Crippen molar-refractivity contribution in [1.29, 1.82) is 0 Å². The van der Waals surface area contributed by atoms with E-state index in [9.17, 15) is 28.8 Å². The summed E-state index contributed by atoms with van der Waals surface area (Å²) in [7, 11) is -3.76. The molecule has 0 radical (unpaired) electrons. The number of ether oxygens (including phenoxy) is 2. The molecule has 7 N–H and O–H groups in total. The summed E-state index contributed by atoms with van der Waals surface area (Å²) in [4.78, 5) is 0. The smallest absolute Gasteiger partial charge is 0.274 e. The molecule has 10 nitrogen and oxygen atoms in total. The molecule has 0 amide bonds. The summed E-state index contributed by atoms with van der Waals surface area (Å²) in [6.45, 7) is -0.349. The van der Waals surface area contributed by atoms with Gasteiger partial charge in [0.05, 0.1) is 6.61 Å². The van der Waals surface area contributed by atoms with E-state index in [0.717, 1.165) is 11.1 Å². The molecule has 0 spiro atoms. The van der Waals surface area contributed by atoms with Crippen LogP contribution in [-0.2, 0) is 21.4 Å². The molecule has 33 heavy (non-hydrogen) atoms. The number of nitrogens with two attached hydrogens (primary N) is 1. The number of benzene rings is 2. The predicted molar refractivity (Wildman–Crippen MR) is 120 cm³/mol. The Labute approximate surface area is 196 Å². The Balaban J connectivity index is 1.67. The van der Waals surface area contributed by atoms with Crippen molar-refractivity contribution in [2.24, 2.45) is 5.14 Å². The number of aliphatic hydroxyl groups excluding tert-OH is 4. The van der Waals surface area contributed by atoms with Crippen LogP contribution in [0.15, 0.2) is 42.5 Å². The van der Waals surface area contributed by atoms with Crippen LogP contribution < -0.4 is 14.6 Å². The zero-order valence-corrected chi connectivity index (χ0v) is 19.1. The molecule has 2 aromatic rings. The van der Waals surface area contributed by atoms with Crippen LogP contribution in [0.3, 0.4) is 0 Å². The topological polar surface area (TPSA) is 172 Å². The van der Waals surface area contributed by atoms with Gasteiger partial charge in [0.2, 0.25) is 0 Å². The molecular formula is C21H27ClN2O8S. The highest BCUT2D eigenvalue weighted by atomic mass is 35.5. The highest BCUT2D eigenvalue weighted by Gasteiger charge is 2.44. The van der Waals surface area contributed by atoms with Crippen molar-refractivity contribution in [2.45, 2.75) is 36.9 Å². The first-order chi connectivity index (χ1) is 15.6. The first-order valence-electron chi connectivity index (χ1n) is 10.2. The van der Waals surface area contributed by atoms with Crippen LogP contribution in [0.5, 0.6) is 5.75 Å². The fourth-order valence-electron chi connectivity index (χ4n) is 3.56. The van der Waals surface area contributed by atoms with Gasteiger partial charge in [-0.2, -0.15) is 13.1 Å². The summed E-state index contributed by atoms with van der Waals surface area (Å²) in [6.07, 6.45) is -5.76. The molecule has 2 aromatic carbocycles. The largest absolute Gasteiger partial charge is 0.492 e. The number of halogens is 1. The van der Waals surface area contributed by atoms with Crippen LogP contribution in [0.25, 0.3) is 0 Å². The van der Waals surface area contributed by atoms with Crippen molar-refractivity contribution in [3.63, 3.8) is 0 Å². The van der Waals surface area contributed by atoms with Crippen LogP contribution in [0.4, 0.5) is 0 Å². The minimum absolute atomic E-state index is 0.0426. The van der Waals surface area contributed by atoms with Gasteiger partial charge in [-0.05, 0) is 41.3 Å². The number of rotatable bonds is 9. The quantitative estimate of drug-likeness (QED) is 0.252. The van der Waals surface area contributed by atoms with Gasteiger partial charge in [0.1, 0.15) is 42.9 Å². The normalized spacial score (nSPS) is 25.7. The maximum absolute atomic E-state index is 10.8. The lowest BCUT2D eigenvalue weighted by molar-refractivity contribution is -0.231. The second kappa shape index (κ2) is 11.1. The fourth-order valence-corrected chi connectivity index (χ4v) is 4.11. The van der Waals surface area contributed by atoms with Gasteiger partial charge in [-0.1, -0.05) is 35.9 Å². The second-order valence-electron chi connectivity index (χ2n) is 7.71. The van der Waals surface area contributed by atoms with E-state index in [4.69, 9.17) is 26.2 Å². The molecule has 0 bridgehead atoms. The third kappa shape index (κ3) is 6.85. The van der Waals surface area contributed by atoms with Crippen molar-refractivity contribution >= 4 is 21.8 Å². The Morgan fingerprint density at radius 1 is 1.06 bits per heavy atom. The summed E-state index contributed by atoms with van der Waals surface area (Å²) in [5.74, 6) is 0.552. The molecule has 3 rings (SSSR count). The monoisotopic (exact) mass is 502 g/mol. The van der Waals surface area contributed by atoms with E-state index in [1.165, 1.54) is 0 Å². The van der Waals surface area contributed by atoms with E-state index < -0.39 is 47.3 Å². The fraction of sp³-hybridized carbons (Fsp3) is 0.429. The highest BCUT2D eigenvalue weighted by molar-refractivity contribution is 7.87. The second-order valence-corrected chi connectivity index (χ2v) is 9.49. The highest BCUT2D eigenvalue weighted by Crippen LogP contribution is 2.34. The van der Waals surface area contributed by atoms with E-state index in [0.29, 0.717) is 22.8 Å². The first-order valence-corrected chi connectivity index (χ1v) is 12.1. The molecule has 1 aliphatic heterocycles. The number of hydrogen-bond donors (Lipinski definition) is 6. The van der Waals surface area contributed by atoms with Crippen LogP contribution in [0.1, 0.15) is 22.8 Å². The minimum Gasteiger partial charge on any atom is -0.492 e. The van der Waals surface area contributed by atoms with Crippen LogP contribution in [0.2, 0.25) is 5.02 Å². The lowest BCUT2D eigenvalue weighted by Gasteiger charge is -2.40. The van der Waals surface area contributed by atoms with Crippen LogP contribution in [-0.4, -0.2) is 73.0 Å². The average molecular weight is 503 g/mol. The molecule has 12 heteroatoms. The van der Waals surface area contributed by atoms with Gasteiger partial charge in [-0.15, -0.1) is 0 Å². The summed E-state index contributed by atoms with van der Waals surface area (Å²) in [5, 5.41) is 45.2. The zero-order valence-electron chi connectivity index (χ0n) is 17.5. The predicted octanol–water partition coefficient (Wildman–Crippen LogP) is -0.382. The summed E-state index contributed by atoms with van der Waals surface area (Å²) in [5.41, 5.74) is 2.21. The molecule has 182 valence electrons. The van der Waals surface area contributed by atoms with Gasteiger partial charge in [0.25, 0.3) is 10.2 Å². The molecule has 0 saturated carbocycles. The van der Waals surface area contributed by atoms with Crippen LogP contribution in [0, 0.1) is 0 Å². The van der Waals surface area contributed by atoms with E-state index in [1.54, 1.807) is 30.3 Å². The third-order valence-corrected chi connectivity index (χ3v) is 6.26. The first kappa shape index (κ1) is 25.8. The Kier molecular flexibility index (Phi) is 8.67. The molecule has 0 aliphatic carbocycles. The van der Waals surface area contributed by atoms with Gasteiger partial charge < -0.3 is 29.9 Å². The molecule has 0 aromatic heterocycles. The van der Waals surface area contributed by atoms with Crippen LogP contribution >= 0.6 is 11.6 Å². The van der Waals surface area contributed by atoms with Gasteiger partial charge in [-0.25, -0.2) is 5.14 Å². The summed E-state index contributed by atoms with van der Waals surface area (Å²) >= 11 is 6.36. The molecule has 1 saturated heterocycles. The Morgan fingerprint density at radius 3 is 2.39 bits per heavy atom. The lowest BCUT2D eigenvalue weighted by Crippen LogP contribution is -2.55. The molecular weight excluding hydrogens is 476 g/mol. The zero-order chi connectivity index (χ0) is 24.2. The van der Waals surface area contributed by atoms with E-state index >= 15 is 0 Å². The SMILES string of the molecule is NS(=O)(=O)NCCOc1ccc(Cc2cc([C@@H]3O[C@H](CO)[C@@H](O)[C@H](O)[C@H]3O)ccc2Cl)cc1. The number of aliphatic hydroxyl groups is 4. The van der Waals surface area contributed by atoms with Gasteiger partial charge in [-0.3, -0.25) is 0 Å². The van der Waals surface area contributed by atoms with Gasteiger partial charge in [0, 0.05) is 11.6 Å². The molecule has 1 heterocycles. The molecule has 5 atom stereocenters. The van der Waals surface area contributed by atoms with Gasteiger partial charge >= 0.3 is 0 Å². The molecule has 1 aliphatic rings. The standard InChI is InChI=1S/C21H27ClN2O8S/c22-16-6-3-13(21-20(28)19(27)18(26)17(11-25)32-21)10-14(16)9-12-1-4-15(5-2-12)31-8-7-24-33(23,29)30/h1-6,10,17-21,24-28H,7-9,11H2,(H2,23,29,30)/t17-,18-,19+,20-,21+/m1/s1. The average Bonchev–Trinajstić information content (AvgIpc) is 2.77. The van der Waals surface area contributed by atoms with Crippen molar-refractivity contribution in [3.8, 4) is 5.75 Å². The maximum Gasteiger partial charge on any atom is 0.274 e. The van der Waals surface area contributed by atoms with Crippen molar-refractivity contribution in [2.75, 3.05) is 19.8 Å². The number of hydrogen-bond acceptors (Lipinski definition) is 8. The van der Waals surface area contributed by atoms with Crippen molar-refractivity contribution in [1.82, 2.24) is 4.72 Å². The van der Waals surface area contributed by atoms with Crippen molar-refractivity contribution in [3.05, 3.63) is 64.2 Å². The Hall–Kier alpha value is -1.80. The Morgan fingerprint density at radius 2 is 1.76 bits per heavy atom. The van der Waals surface area contributed by atoms with Gasteiger partial charge in [0.15, 0.2) is 0 Å². The maximum atomic E-state index is 10.8. The van der Waals surface area contributed by atoms with E-state index in [2.05, 4.69) is 4.72 Å². The minimum atomic E-state index is -3.76. The van der Waals surface area contributed by atoms with E-state index in [1.807, 2.05) is 12.1 Å². The summed E-state index contributed by atoms with van der Waals surface area (Å²) in [6, 6.07) is 12.2. The Bertz CT molecular complexity index is 1040. The molecule has 0 unspecified atom stereocenters. The van der Waals surface area contributed by atoms with E-state index in [-0.39, 0.29) is 13.2 Å². The molecule has 1 fully saturated rings.